The SMILES string of the molecule is CCCN(CCCNCC)S(=O)(=O)c1cccc2c(O)ncc(F)c12. The van der Waals surface area contributed by atoms with E-state index in [1.54, 1.807) is 0 Å². The fourth-order valence-electron chi connectivity index (χ4n) is 2.73. The van der Waals surface area contributed by atoms with Gasteiger partial charge in [0, 0.05) is 23.9 Å². The van der Waals surface area contributed by atoms with Crippen LogP contribution in [-0.2, 0) is 10.0 Å². The number of rotatable bonds is 9. The summed E-state index contributed by atoms with van der Waals surface area (Å²) >= 11 is 0. The molecule has 1 aromatic carbocycles. The maximum atomic E-state index is 14.3. The lowest BCUT2D eigenvalue weighted by Crippen LogP contribution is -2.34. The summed E-state index contributed by atoms with van der Waals surface area (Å²) in [5.74, 6) is -1.15. The van der Waals surface area contributed by atoms with Crippen molar-refractivity contribution >= 4 is 20.8 Å². The molecule has 0 bridgehead atoms. The maximum Gasteiger partial charge on any atom is 0.243 e. The molecule has 0 spiro atoms. The van der Waals surface area contributed by atoms with Gasteiger partial charge >= 0.3 is 0 Å². The van der Waals surface area contributed by atoms with Gasteiger partial charge in [-0.25, -0.2) is 17.8 Å². The normalized spacial score (nSPS) is 12.2. The summed E-state index contributed by atoms with van der Waals surface area (Å²) in [6.07, 6.45) is 2.15. The average Bonchev–Trinajstić information content (AvgIpc) is 2.60. The van der Waals surface area contributed by atoms with E-state index in [4.69, 9.17) is 0 Å². The number of sulfonamides is 1. The van der Waals surface area contributed by atoms with Crippen molar-refractivity contribution in [2.75, 3.05) is 26.2 Å². The van der Waals surface area contributed by atoms with Gasteiger partial charge in [-0.1, -0.05) is 19.9 Å². The van der Waals surface area contributed by atoms with Crippen molar-refractivity contribution < 1.29 is 17.9 Å². The first kappa shape index (κ1) is 19.6. The zero-order chi connectivity index (χ0) is 18.4. The number of fused-ring (bicyclic) bond motifs is 1. The molecule has 1 heterocycles. The van der Waals surface area contributed by atoms with Crippen LogP contribution in [0.3, 0.4) is 0 Å². The minimum atomic E-state index is -3.89. The highest BCUT2D eigenvalue weighted by atomic mass is 32.2. The standard InChI is InChI=1S/C17H24FN3O3S/c1-3-10-21(11-6-9-19-4-2)25(23,24)15-8-5-7-13-16(15)14(18)12-20-17(13)22/h5,7-8,12,19H,3-4,6,9-11H2,1-2H3,(H,20,22). The Kier molecular flexibility index (Phi) is 6.69. The van der Waals surface area contributed by atoms with Gasteiger partial charge in [0.15, 0.2) is 5.82 Å². The molecule has 0 atom stereocenters. The van der Waals surface area contributed by atoms with Gasteiger partial charge in [0.2, 0.25) is 15.9 Å². The number of aromatic nitrogens is 1. The van der Waals surface area contributed by atoms with Crippen molar-refractivity contribution in [1.82, 2.24) is 14.6 Å². The molecule has 2 N–H and O–H groups in total. The minimum Gasteiger partial charge on any atom is -0.493 e. The second-order valence-electron chi connectivity index (χ2n) is 5.72. The van der Waals surface area contributed by atoms with E-state index in [-0.39, 0.29) is 21.5 Å². The number of hydrogen-bond donors (Lipinski definition) is 2. The molecule has 0 amide bonds. The van der Waals surface area contributed by atoms with Gasteiger partial charge in [0.05, 0.1) is 11.1 Å². The van der Waals surface area contributed by atoms with Gasteiger partial charge in [0.25, 0.3) is 0 Å². The quantitative estimate of drug-likeness (QED) is 0.664. The van der Waals surface area contributed by atoms with E-state index in [0.717, 1.165) is 12.7 Å². The van der Waals surface area contributed by atoms with Crippen LogP contribution in [0, 0.1) is 5.82 Å². The van der Waals surface area contributed by atoms with Gasteiger partial charge in [-0.2, -0.15) is 4.31 Å². The topological polar surface area (TPSA) is 82.5 Å². The Bertz CT molecular complexity index is 827. The lowest BCUT2D eigenvalue weighted by Gasteiger charge is -2.22. The zero-order valence-electron chi connectivity index (χ0n) is 14.5. The van der Waals surface area contributed by atoms with E-state index < -0.39 is 15.8 Å². The Morgan fingerprint density at radius 3 is 2.72 bits per heavy atom. The summed E-state index contributed by atoms with van der Waals surface area (Å²) in [6.45, 7) is 6.11. The first-order valence-electron chi connectivity index (χ1n) is 8.40. The van der Waals surface area contributed by atoms with Crippen LogP contribution in [0.1, 0.15) is 26.7 Å². The molecule has 6 nitrogen and oxygen atoms in total. The highest BCUT2D eigenvalue weighted by molar-refractivity contribution is 7.89. The smallest absolute Gasteiger partial charge is 0.243 e. The molecule has 8 heteroatoms. The third kappa shape index (κ3) is 4.26. The van der Waals surface area contributed by atoms with Crippen molar-refractivity contribution in [3.8, 4) is 5.88 Å². The predicted molar refractivity (Wildman–Crippen MR) is 95.6 cm³/mol. The second-order valence-corrected chi connectivity index (χ2v) is 7.63. The molecule has 0 aliphatic heterocycles. The van der Waals surface area contributed by atoms with Crippen molar-refractivity contribution in [2.45, 2.75) is 31.6 Å². The summed E-state index contributed by atoms with van der Waals surface area (Å²) in [5.41, 5.74) is 0. The van der Waals surface area contributed by atoms with E-state index in [1.807, 2.05) is 13.8 Å². The molecule has 1 aromatic heterocycles. The fraction of sp³-hybridized carbons (Fsp3) is 0.471. The summed E-state index contributed by atoms with van der Waals surface area (Å²) in [5, 5.41) is 13.0. The Morgan fingerprint density at radius 2 is 2.04 bits per heavy atom. The molecule has 0 fully saturated rings. The number of nitrogens with zero attached hydrogens (tertiary/aromatic N) is 2. The number of pyridine rings is 1. The largest absolute Gasteiger partial charge is 0.493 e. The lowest BCUT2D eigenvalue weighted by atomic mass is 10.1. The van der Waals surface area contributed by atoms with Gasteiger partial charge in [-0.15, -0.1) is 0 Å². The van der Waals surface area contributed by atoms with Gasteiger partial charge in [-0.05, 0) is 38.1 Å². The zero-order valence-corrected chi connectivity index (χ0v) is 15.3. The monoisotopic (exact) mass is 369 g/mol. The van der Waals surface area contributed by atoms with Crippen LogP contribution in [0.2, 0.25) is 0 Å². The number of benzene rings is 1. The first-order chi connectivity index (χ1) is 11.9. The van der Waals surface area contributed by atoms with Gasteiger partial charge in [0.1, 0.15) is 0 Å². The summed E-state index contributed by atoms with van der Waals surface area (Å²) < 4.78 is 41.9. The molecule has 0 radical (unpaired) electrons. The second kappa shape index (κ2) is 8.55. The Morgan fingerprint density at radius 1 is 1.28 bits per heavy atom. The molecule has 0 saturated heterocycles. The molecule has 25 heavy (non-hydrogen) atoms. The van der Waals surface area contributed by atoms with Crippen molar-refractivity contribution in [3.63, 3.8) is 0 Å². The highest BCUT2D eigenvalue weighted by Gasteiger charge is 2.27. The van der Waals surface area contributed by atoms with E-state index in [9.17, 15) is 17.9 Å². The molecule has 0 aliphatic rings. The fourth-order valence-corrected chi connectivity index (χ4v) is 4.52. The summed E-state index contributed by atoms with van der Waals surface area (Å²) in [7, 11) is -3.89. The third-order valence-electron chi connectivity index (χ3n) is 3.91. The highest BCUT2D eigenvalue weighted by Crippen LogP contribution is 2.31. The van der Waals surface area contributed by atoms with E-state index >= 15 is 0 Å². The van der Waals surface area contributed by atoms with E-state index in [1.165, 1.54) is 22.5 Å². The Balaban J connectivity index is 2.46. The molecule has 0 saturated carbocycles. The maximum absolute atomic E-state index is 14.3. The van der Waals surface area contributed by atoms with Crippen LogP contribution in [0.5, 0.6) is 5.88 Å². The molecule has 0 unspecified atom stereocenters. The van der Waals surface area contributed by atoms with Crippen LogP contribution < -0.4 is 5.32 Å². The van der Waals surface area contributed by atoms with Gasteiger partial charge < -0.3 is 10.4 Å². The summed E-state index contributed by atoms with van der Waals surface area (Å²) in [6, 6.07) is 4.31. The third-order valence-corrected chi connectivity index (χ3v) is 5.85. The van der Waals surface area contributed by atoms with Crippen molar-refractivity contribution in [2.24, 2.45) is 0 Å². The summed E-state index contributed by atoms with van der Waals surface area (Å²) in [4.78, 5) is 3.40. The lowest BCUT2D eigenvalue weighted by molar-refractivity contribution is 0.400. The number of halogens is 1. The van der Waals surface area contributed by atoms with Crippen LogP contribution in [0.15, 0.2) is 29.3 Å². The number of hydrogen-bond acceptors (Lipinski definition) is 5. The predicted octanol–water partition coefficient (Wildman–Crippen LogP) is 2.48. The average molecular weight is 369 g/mol. The Hall–Kier alpha value is -1.77. The Labute approximate surface area is 147 Å². The van der Waals surface area contributed by atoms with Crippen LogP contribution in [-0.4, -0.2) is 49.0 Å². The first-order valence-corrected chi connectivity index (χ1v) is 9.84. The number of aromatic hydroxyl groups is 1. The molecule has 2 aromatic rings. The van der Waals surface area contributed by atoms with E-state index in [2.05, 4.69) is 10.3 Å². The van der Waals surface area contributed by atoms with Crippen LogP contribution in [0.4, 0.5) is 4.39 Å². The molecular weight excluding hydrogens is 345 g/mol. The van der Waals surface area contributed by atoms with Crippen LogP contribution >= 0.6 is 0 Å². The van der Waals surface area contributed by atoms with Gasteiger partial charge in [-0.3, -0.25) is 0 Å². The van der Waals surface area contributed by atoms with Crippen molar-refractivity contribution in [3.05, 3.63) is 30.2 Å². The van der Waals surface area contributed by atoms with Crippen LogP contribution in [0.25, 0.3) is 10.8 Å². The molecule has 0 aliphatic carbocycles. The van der Waals surface area contributed by atoms with Crippen molar-refractivity contribution in [1.29, 1.82) is 0 Å². The molecule has 2 rings (SSSR count). The number of nitrogens with one attached hydrogen (secondary N) is 1. The van der Waals surface area contributed by atoms with E-state index in [0.29, 0.717) is 32.5 Å². The molecular formula is C17H24FN3O3S. The molecule has 138 valence electrons. The minimum absolute atomic E-state index is 0.0881.